The number of aromatic carboxylic acids is 1. The van der Waals surface area contributed by atoms with E-state index in [1.807, 2.05) is 0 Å². The molecule has 0 aliphatic rings. The summed E-state index contributed by atoms with van der Waals surface area (Å²) in [5, 5.41) is 20.9. The molecule has 8 heteroatoms. The lowest BCUT2D eigenvalue weighted by atomic mass is 10.0. The highest BCUT2D eigenvalue weighted by Crippen LogP contribution is 2.19. The second-order valence-corrected chi connectivity index (χ2v) is 10.1. The SMILES string of the molecule is CCCCCCCCCCCCCCCCOc1ccc(NC(=O)C(Oc2ccc(C(=O)O)cc2)C(=O)O)cc1. The molecule has 40 heavy (non-hydrogen) atoms. The Morgan fingerprint density at radius 2 is 1.15 bits per heavy atom. The van der Waals surface area contributed by atoms with Crippen LogP contribution in [0.15, 0.2) is 48.5 Å². The van der Waals surface area contributed by atoms with Gasteiger partial charge in [-0.1, -0.05) is 90.4 Å². The monoisotopic (exact) mass is 555 g/mol. The molecule has 1 atom stereocenters. The van der Waals surface area contributed by atoms with Crippen LogP contribution in [0.4, 0.5) is 5.69 Å². The van der Waals surface area contributed by atoms with Gasteiger partial charge < -0.3 is 25.0 Å². The van der Waals surface area contributed by atoms with E-state index >= 15 is 0 Å². The van der Waals surface area contributed by atoms with E-state index < -0.39 is 23.9 Å². The van der Waals surface area contributed by atoms with Gasteiger partial charge in [0.2, 0.25) is 0 Å². The first-order valence-corrected chi connectivity index (χ1v) is 14.7. The molecule has 3 N–H and O–H groups in total. The molecule has 0 bridgehead atoms. The van der Waals surface area contributed by atoms with Crippen LogP contribution in [-0.4, -0.2) is 40.8 Å². The minimum absolute atomic E-state index is 0.0235. The van der Waals surface area contributed by atoms with Crippen LogP contribution < -0.4 is 14.8 Å². The zero-order valence-electron chi connectivity index (χ0n) is 23.7. The van der Waals surface area contributed by atoms with Crippen molar-refractivity contribution in [2.24, 2.45) is 0 Å². The number of carbonyl (C=O) groups is 3. The van der Waals surface area contributed by atoms with Gasteiger partial charge in [0.15, 0.2) is 0 Å². The first kappa shape index (κ1) is 32.7. The zero-order valence-corrected chi connectivity index (χ0v) is 23.7. The molecule has 2 aromatic rings. The molecule has 8 nitrogen and oxygen atoms in total. The summed E-state index contributed by atoms with van der Waals surface area (Å²) < 4.78 is 11.1. The number of unbranched alkanes of at least 4 members (excludes halogenated alkanes) is 13. The molecule has 0 aliphatic heterocycles. The van der Waals surface area contributed by atoms with Crippen LogP contribution in [0.5, 0.6) is 11.5 Å². The molecule has 2 rings (SSSR count). The van der Waals surface area contributed by atoms with Gasteiger partial charge in [-0.25, -0.2) is 9.59 Å². The fourth-order valence-electron chi connectivity index (χ4n) is 4.36. The number of carboxylic acids is 2. The summed E-state index contributed by atoms with van der Waals surface area (Å²) in [6.07, 6.45) is 16.5. The van der Waals surface area contributed by atoms with Crippen LogP contribution in [0, 0.1) is 0 Å². The number of rotatable bonds is 22. The fraction of sp³-hybridized carbons (Fsp3) is 0.531. The van der Waals surface area contributed by atoms with Crippen LogP contribution in [0.25, 0.3) is 0 Å². The van der Waals surface area contributed by atoms with Crippen molar-refractivity contribution in [3.8, 4) is 11.5 Å². The number of benzene rings is 2. The summed E-state index contributed by atoms with van der Waals surface area (Å²) in [4.78, 5) is 35.0. The van der Waals surface area contributed by atoms with Gasteiger partial charge in [-0.3, -0.25) is 4.79 Å². The van der Waals surface area contributed by atoms with Gasteiger partial charge in [0.1, 0.15) is 11.5 Å². The lowest BCUT2D eigenvalue weighted by Crippen LogP contribution is -2.39. The largest absolute Gasteiger partial charge is 0.494 e. The molecule has 1 amide bonds. The van der Waals surface area contributed by atoms with Crippen molar-refractivity contribution in [3.63, 3.8) is 0 Å². The first-order valence-electron chi connectivity index (χ1n) is 14.7. The Morgan fingerprint density at radius 1 is 0.675 bits per heavy atom. The Balaban J connectivity index is 1.58. The van der Waals surface area contributed by atoms with E-state index in [0.717, 1.165) is 12.8 Å². The average molecular weight is 556 g/mol. The highest BCUT2D eigenvalue weighted by molar-refractivity contribution is 6.07. The highest BCUT2D eigenvalue weighted by Gasteiger charge is 2.28. The average Bonchev–Trinajstić information content (AvgIpc) is 2.94. The summed E-state index contributed by atoms with van der Waals surface area (Å²) in [5.41, 5.74) is 0.431. The van der Waals surface area contributed by atoms with Crippen molar-refractivity contribution in [1.29, 1.82) is 0 Å². The third-order valence-electron chi connectivity index (χ3n) is 6.71. The van der Waals surface area contributed by atoms with Crippen LogP contribution in [0.1, 0.15) is 107 Å². The van der Waals surface area contributed by atoms with Crippen molar-refractivity contribution in [2.45, 2.75) is 103 Å². The maximum absolute atomic E-state index is 12.5. The first-order chi connectivity index (χ1) is 19.4. The molecule has 0 heterocycles. The topological polar surface area (TPSA) is 122 Å². The van der Waals surface area contributed by atoms with E-state index in [9.17, 15) is 19.5 Å². The molecule has 0 radical (unpaired) electrons. The number of hydrogen-bond donors (Lipinski definition) is 3. The van der Waals surface area contributed by atoms with Gasteiger partial charge in [0, 0.05) is 5.69 Å². The predicted octanol–water partition coefficient (Wildman–Crippen LogP) is 7.72. The summed E-state index contributed by atoms with van der Waals surface area (Å²) >= 11 is 0. The van der Waals surface area contributed by atoms with Gasteiger partial charge in [-0.2, -0.15) is 0 Å². The normalized spacial score (nSPS) is 11.5. The van der Waals surface area contributed by atoms with Crippen molar-refractivity contribution >= 4 is 23.5 Å². The lowest BCUT2D eigenvalue weighted by Gasteiger charge is -2.15. The Labute approximate surface area is 238 Å². The standard InChI is InChI=1S/C32H45NO7/c1-2-3-4-5-6-7-8-9-10-11-12-13-14-15-24-39-27-22-18-26(19-23-27)33-30(34)29(32(37)38)40-28-20-16-25(17-21-28)31(35)36/h16-23,29H,2-15,24H2,1H3,(H,33,34)(H,35,36)(H,37,38). The van der Waals surface area contributed by atoms with E-state index in [4.69, 9.17) is 14.6 Å². The van der Waals surface area contributed by atoms with E-state index in [1.165, 1.54) is 101 Å². The second kappa shape index (κ2) is 19.5. The van der Waals surface area contributed by atoms with Gasteiger partial charge in [-0.15, -0.1) is 0 Å². The minimum Gasteiger partial charge on any atom is -0.494 e. The zero-order chi connectivity index (χ0) is 29.0. The number of hydrogen-bond acceptors (Lipinski definition) is 5. The Bertz CT molecular complexity index is 1000. The van der Waals surface area contributed by atoms with E-state index in [1.54, 1.807) is 24.3 Å². The van der Waals surface area contributed by atoms with Crippen molar-refractivity contribution < 1.29 is 34.1 Å². The number of ether oxygens (including phenoxy) is 2. The number of anilines is 1. The third-order valence-corrected chi connectivity index (χ3v) is 6.71. The smallest absolute Gasteiger partial charge is 0.354 e. The van der Waals surface area contributed by atoms with Crippen LogP contribution in [0.2, 0.25) is 0 Å². The molecule has 0 aromatic heterocycles. The number of carboxylic acid groups (broad SMARTS) is 2. The molecule has 0 fully saturated rings. The van der Waals surface area contributed by atoms with E-state index in [2.05, 4.69) is 12.2 Å². The van der Waals surface area contributed by atoms with Crippen molar-refractivity contribution in [1.82, 2.24) is 0 Å². The molecule has 1 unspecified atom stereocenters. The van der Waals surface area contributed by atoms with Gasteiger partial charge in [0.05, 0.1) is 12.2 Å². The van der Waals surface area contributed by atoms with E-state index in [0.29, 0.717) is 18.0 Å². The summed E-state index contributed by atoms with van der Waals surface area (Å²) in [6, 6.07) is 11.9. The van der Waals surface area contributed by atoms with Gasteiger partial charge in [0.25, 0.3) is 12.0 Å². The number of amides is 1. The molecule has 220 valence electrons. The molecule has 0 aliphatic carbocycles. The number of nitrogens with one attached hydrogen (secondary N) is 1. The molecular formula is C32H45NO7. The summed E-state index contributed by atoms with van der Waals surface area (Å²) in [6.45, 7) is 2.88. The molecule has 0 spiro atoms. The predicted molar refractivity (Wildman–Crippen MR) is 156 cm³/mol. The highest BCUT2D eigenvalue weighted by atomic mass is 16.5. The quantitative estimate of drug-likeness (QED) is 0.100. The number of aliphatic carboxylic acids is 1. The second-order valence-electron chi connectivity index (χ2n) is 10.1. The Kier molecular flexibility index (Phi) is 15.9. The van der Waals surface area contributed by atoms with Gasteiger partial charge in [-0.05, 0) is 55.0 Å². The molecular weight excluding hydrogens is 510 g/mol. The maximum Gasteiger partial charge on any atom is 0.354 e. The van der Waals surface area contributed by atoms with Crippen molar-refractivity contribution in [2.75, 3.05) is 11.9 Å². The molecule has 0 saturated carbocycles. The fourth-order valence-corrected chi connectivity index (χ4v) is 4.36. The summed E-state index contributed by atoms with van der Waals surface area (Å²) in [5.74, 6) is -2.69. The van der Waals surface area contributed by atoms with Gasteiger partial charge >= 0.3 is 11.9 Å². The molecule has 0 saturated heterocycles. The van der Waals surface area contributed by atoms with Crippen LogP contribution >= 0.6 is 0 Å². The van der Waals surface area contributed by atoms with E-state index in [-0.39, 0.29) is 11.3 Å². The van der Waals surface area contributed by atoms with Crippen LogP contribution in [-0.2, 0) is 9.59 Å². The van der Waals surface area contributed by atoms with Crippen molar-refractivity contribution in [3.05, 3.63) is 54.1 Å². The Morgan fingerprint density at radius 3 is 1.62 bits per heavy atom. The van der Waals surface area contributed by atoms with Crippen LogP contribution in [0.3, 0.4) is 0 Å². The lowest BCUT2D eigenvalue weighted by molar-refractivity contribution is -0.149. The minimum atomic E-state index is -1.80. The third kappa shape index (κ3) is 13.5. The summed E-state index contributed by atoms with van der Waals surface area (Å²) in [7, 11) is 0. The molecule has 2 aromatic carbocycles. The maximum atomic E-state index is 12.5. The number of carbonyl (C=O) groups excluding carboxylic acids is 1. The Hall–Kier alpha value is -3.55.